The van der Waals surface area contributed by atoms with Gasteiger partial charge in [-0.3, -0.25) is 9.48 Å². The summed E-state index contributed by atoms with van der Waals surface area (Å²) in [5.74, 6) is 0.877. The van der Waals surface area contributed by atoms with Gasteiger partial charge in [-0.1, -0.05) is 6.92 Å². The summed E-state index contributed by atoms with van der Waals surface area (Å²) >= 11 is 0. The molecule has 0 atom stereocenters. The number of aromatic nitrogens is 4. The first kappa shape index (κ1) is 12.5. The minimum atomic E-state index is 0.0571. The summed E-state index contributed by atoms with van der Waals surface area (Å²) in [6.07, 6.45) is 5.02. The van der Waals surface area contributed by atoms with Crippen LogP contribution in [0.3, 0.4) is 0 Å². The van der Waals surface area contributed by atoms with E-state index in [2.05, 4.69) is 17.0 Å². The number of carbonyl (C=O) groups is 1. The highest BCUT2D eigenvalue weighted by molar-refractivity contribution is 5.95. The number of rotatable bonds is 5. The van der Waals surface area contributed by atoms with Gasteiger partial charge in [0.15, 0.2) is 5.78 Å². The normalized spacial score (nSPS) is 10.8. The number of nitrogens with zero attached hydrogens (tertiary/aromatic N) is 4. The summed E-state index contributed by atoms with van der Waals surface area (Å²) in [4.78, 5) is 16.4. The van der Waals surface area contributed by atoms with Crippen molar-refractivity contribution in [2.45, 2.75) is 33.2 Å². The van der Waals surface area contributed by atoms with Gasteiger partial charge in [0.1, 0.15) is 11.5 Å². The Kier molecular flexibility index (Phi) is 3.60. The molecule has 0 saturated carbocycles. The van der Waals surface area contributed by atoms with Gasteiger partial charge in [-0.05, 0) is 19.4 Å². The van der Waals surface area contributed by atoms with Gasteiger partial charge < -0.3 is 4.57 Å². The second-order valence-corrected chi connectivity index (χ2v) is 4.43. The molecule has 0 unspecified atom stereocenters. The van der Waals surface area contributed by atoms with Crippen LogP contribution in [0.5, 0.6) is 0 Å². The third-order valence-electron chi connectivity index (χ3n) is 2.87. The van der Waals surface area contributed by atoms with Crippen LogP contribution in [0.2, 0.25) is 0 Å². The van der Waals surface area contributed by atoms with E-state index in [-0.39, 0.29) is 5.78 Å². The molecule has 96 valence electrons. The lowest BCUT2D eigenvalue weighted by Crippen LogP contribution is -2.13. The van der Waals surface area contributed by atoms with Crippen LogP contribution in [0.25, 0.3) is 0 Å². The van der Waals surface area contributed by atoms with Gasteiger partial charge in [0.25, 0.3) is 0 Å². The number of hydrogen-bond donors (Lipinski definition) is 0. The molecule has 0 aliphatic carbocycles. The number of ketones is 1. The van der Waals surface area contributed by atoms with Crippen molar-refractivity contribution >= 4 is 5.78 Å². The molecule has 0 N–H and O–H groups in total. The molecule has 0 saturated heterocycles. The van der Waals surface area contributed by atoms with Gasteiger partial charge in [0.05, 0.1) is 12.1 Å². The molecular weight excluding hydrogens is 228 g/mol. The number of Topliss-reactive ketones (excluding diaryl/α,β-unsaturated/α-hetero) is 1. The molecular formula is C13H18N4O. The molecule has 0 aromatic carbocycles. The Morgan fingerprint density at radius 1 is 1.44 bits per heavy atom. The maximum Gasteiger partial charge on any atom is 0.188 e. The van der Waals surface area contributed by atoms with Crippen molar-refractivity contribution in [1.29, 1.82) is 0 Å². The van der Waals surface area contributed by atoms with Gasteiger partial charge in [-0.2, -0.15) is 5.10 Å². The standard InChI is InChI=1S/C13H18N4O/c1-4-6-17-7-5-14-13(17)9-12(18)11-8-10(2)15-16(11)3/h5,7-8H,4,6,9H2,1-3H3. The monoisotopic (exact) mass is 246 g/mol. The van der Waals surface area contributed by atoms with Gasteiger partial charge in [0, 0.05) is 26.0 Å². The fraction of sp³-hybridized carbons (Fsp3) is 0.462. The van der Waals surface area contributed by atoms with E-state index >= 15 is 0 Å². The first-order valence-electron chi connectivity index (χ1n) is 6.15. The van der Waals surface area contributed by atoms with Crippen LogP contribution in [-0.2, 0) is 20.0 Å². The van der Waals surface area contributed by atoms with E-state index in [9.17, 15) is 4.79 Å². The lowest BCUT2D eigenvalue weighted by atomic mass is 10.2. The Labute approximate surface area is 106 Å². The van der Waals surface area contributed by atoms with Gasteiger partial charge in [0.2, 0.25) is 0 Å². The number of hydrogen-bond acceptors (Lipinski definition) is 3. The van der Waals surface area contributed by atoms with E-state index in [4.69, 9.17) is 0 Å². The van der Waals surface area contributed by atoms with Crippen molar-refractivity contribution in [2.24, 2.45) is 7.05 Å². The zero-order chi connectivity index (χ0) is 13.1. The minimum absolute atomic E-state index is 0.0571. The smallest absolute Gasteiger partial charge is 0.188 e. The molecule has 0 aliphatic heterocycles. The zero-order valence-electron chi connectivity index (χ0n) is 11.1. The Balaban J connectivity index is 2.16. The molecule has 2 heterocycles. The molecule has 0 amide bonds. The summed E-state index contributed by atoms with van der Waals surface area (Å²) in [5, 5.41) is 4.19. The van der Waals surface area contributed by atoms with Crippen molar-refractivity contribution in [3.05, 3.63) is 35.7 Å². The van der Waals surface area contributed by atoms with E-state index in [1.54, 1.807) is 17.9 Å². The highest BCUT2D eigenvalue weighted by Crippen LogP contribution is 2.08. The highest BCUT2D eigenvalue weighted by atomic mass is 16.1. The average molecular weight is 246 g/mol. The van der Waals surface area contributed by atoms with Crippen molar-refractivity contribution in [1.82, 2.24) is 19.3 Å². The van der Waals surface area contributed by atoms with Crippen LogP contribution >= 0.6 is 0 Å². The largest absolute Gasteiger partial charge is 0.335 e. The fourth-order valence-electron chi connectivity index (χ4n) is 2.06. The van der Waals surface area contributed by atoms with E-state index in [0.717, 1.165) is 24.5 Å². The average Bonchev–Trinajstić information content (AvgIpc) is 2.87. The molecule has 2 rings (SSSR count). The summed E-state index contributed by atoms with van der Waals surface area (Å²) in [6, 6.07) is 1.81. The zero-order valence-corrected chi connectivity index (χ0v) is 11.1. The second-order valence-electron chi connectivity index (χ2n) is 4.43. The Hall–Kier alpha value is -1.91. The van der Waals surface area contributed by atoms with Crippen LogP contribution in [0.15, 0.2) is 18.5 Å². The molecule has 0 fully saturated rings. The van der Waals surface area contributed by atoms with Crippen LogP contribution in [0, 0.1) is 6.92 Å². The summed E-state index contributed by atoms with van der Waals surface area (Å²) in [6.45, 7) is 4.89. The van der Waals surface area contributed by atoms with Crippen molar-refractivity contribution in [3.8, 4) is 0 Å². The highest BCUT2D eigenvalue weighted by Gasteiger charge is 2.15. The van der Waals surface area contributed by atoms with Crippen molar-refractivity contribution < 1.29 is 4.79 Å². The quantitative estimate of drug-likeness (QED) is 0.755. The number of aryl methyl sites for hydroxylation is 3. The van der Waals surface area contributed by atoms with Crippen LogP contribution < -0.4 is 0 Å². The molecule has 18 heavy (non-hydrogen) atoms. The molecule has 2 aromatic rings. The summed E-state index contributed by atoms with van der Waals surface area (Å²) in [5.41, 5.74) is 1.50. The SMILES string of the molecule is CCCn1ccnc1CC(=O)c1cc(C)nn1C. The summed E-state index contributed by atoms with van der Waals surface area (Å²) in [7, 11) is 1.79. The lowest BCUT2D eigenvalue weighted by molar-refractivity contribution is 0.0980. The van der Waals surface area contributed by atoms with Crippen molar-refractivity contribution in [3.63, 3.8) is 0 Å². The Morgan fingerprint density at radius 2 is 2.22 bits per heavy atom. The van der Waals surface area contributed by atoms with E-state index in [0.29, 0.717) is 12.1 Å². The number of carbonyl (C=O) groups excluding carboxylic acids is 1. The molecule has 2 aromatic heterocycles. The van der Waals surface area contributed by atoms with Gasteiger partial charge in [-0.25, -0.2) is 4.98 Å². The third kappa shape index (κ3) is 2.50. The predicted molar refractivity (Wildman–Crippen MR) is 68.5 cm³/mol. The Morgan fingerprint density at radius 3 is 2.83 bits per heavy atom. The molecule has 5 nitrogen and oxygen atoms in total. The molecule has 5 heteroatoms. The fourth-order valence-corrected chi connectivity index (χ4v) is 2.06. The number of imidazole rings is 1. The van der Waals surface area contributed by atoms with Crippen LogP contribution in [0.4, 0.5) is 0 Å². The van der Waals surface area contributed by atoms with Gasteiger partial charge >= 0.3 is 0 Å². The van der Waals surface area contributed by atoms with E-state index in [1.807, 2.05) is 23.8 Å². The first-order valence-corrected chi connectivity index (χ1v) is 6.15. The first-order chi connectivity index (χ1) is 8.61. The van der Waals surface area contributed by atoms with Crippen LogP contribution in [-0.4, -0.2) is 25.1 Å². The summed E-state index contributed by atoms with van der Waals surface area (Å²) < 4.78 is 3.66. The maximum absolute atomic E-state index is 12.2. The molecule has 0 radical (unpaired) electrons. The van der Waals surface area contributed by atoms with E-state index in [1.165, 1.54) is 0 Å². The topological polar surface area (TPSA) is 52.7 Å². The third-order valence-corrected chi connectivity index (χ3v) is 2.87. The molecule has 0 bridgehead atoms. The maximum atomic E-state index is 12.2. The second kappa shape index (κ2) is 5.16. The van der Waals surface area contributed by atoms with Gasteiger partial charge in [-0.15, -0.1) is 0 Å². The molecule has 0 aliphatic rings. The lowest BCUT2D eigenvalue weighted by Gasteiger charge is -2.05. The van der Waals surface area contributed by atoms with E-state index < -0.39 is 0 Å². The Bertz CT molecular complexity index is 553. The van der Waals surface area contributed by atoms with Crippen molar-refractivity contribution in [2.75, 3.05) is 0 Å². The molecule has 0 spiro atoms. The minimum Gasteiger partial charge on any atom is -0.335 e. The predicted octanol–water partition coefficient (Wildman–Crippen LogP) is 1.76. The van der Waals surface area contributed by atoms with Crippen LogP contribution in [0.1, 0.15) is 35.4 Å².